The molecule has 2 rings (SSSR count). The van der Waals surface area contributed by atoms with Gasteiger partial charge in [-0.2, -0.15) is 0 Å². The highest BCUT2D eigenvalue weighted by Gasteiger charge is 2.05. The maximum atomic E-state index is 12.7. The smallest absolute Gasteiger partial charge is 0.123 e. The third-order valence-electron chi connectivity index (χ3n) is 2.64. The van der Waals surface area contributed by atoms with Crippen LogP contribution in [0.1, 0.15) is 0 Å². The molecule has 20 heavy (non-hydrogen) atoms. The first kappa shape index (κ1) is 14.8. The lowest BCUT2D eigenvalue weighted by Crippen LogP contribution is -2.26. The molecule has 0 spiro atoms. The van der Waals surface area contributed by atoms with E-state index < -0.39 is 6.10 Å². The van der Waals surface area contributed by atoms with Crippen LogP contribution < -0.4 is 10.1 Å². The van der Waals surface area contributed by atoms with E-state index in [1.165, 1.54) is 12.1 Å². The first-order valence-corrected chi connectivity index (χ1v) is 6.98. The second-order valence-corrected chi connectivity index (χ2v) is 5.22. The average Bonchev–Trinajstić information content (AvgIpc) is 2.46. The second-order valence-electron chi connectivity index (χ2n) is 4.31. The number of anilines is 1. The minimum Gasteiger partial charge on any atom is -0.491 e. The fraction of sp³-hybridized carbons (Fsp3) is 0.200. The van der Waals surface area contributed by atoms with Crippen molar-refractivity contribution in [2.75, 3.05) is 18.5 Å². The molecule has 1 atom stereocenters. The summed E-state index contributed by atoms with van der Waals surface area (Å²) >= 11 is 3.34. The van der Waals surface area contributed by atoms with E-state index in [4.69, 9.17) is 4.74 Å². The lowest BCUT2D eigenvalue weighted by Gasteiger charge is -2.14. The van der Waals surface area contributed by atoms with Crippen molar-refractivity contribution in [1.29, 1.82) is 0 Å². The quantitative estimate of drug-likeness (QED) is 0.847. The Morgan fingerprint density at radius 2 is 1.75 bits per heavy atom. The lowest BCUT2D eigenvalue weighted by molar-refractivity contribution is 0.117. The molecule has 0 aromatic heterocycles. The van der Waals surface area contributed by atoms with Gasteiger partial charge in [0.1, 0.15) is 24.3 Å². The van der Waals surface area contributed by atoms with E-state index in [0.717, 1.165) is 10.2 Å². The third kappa shape index (κ3) is 4.83. The molecule has 2 aromatic rings. The largest absolute Gasteiger partial charge is 0.491 e. The van der Waals surface area contributed by atoms with Crippen LogP contribution in [0.5, 0.6) is 5.75 Å². The second kappa shape index (κ2) is 7.26. The van der Waals surface area contributed by atoms with Gasteiger partial charge in [-0.25, -0.2) is 4.39 Å². The van der Waals surface area contributed by atoms with E-state index >= 15 is 0 Å². The maximum Gasteiger partial charge on any atom is 0.123 e. The van der Waals surface area contributed by atoms with E-state index in [-0.39, 0.29) is 12.4 Å². The molecule has 2 aromatic carbocycles. The molecule has 0 aliphatic carbocycles. The first-order valence-electron chi connectivity index (χ1n) is 6.19. The minimum absolute atomic E-state index is 0.190. The van der Waals surface area contributed by atoms with Gasteiger partial charge in [0.15, 0.2) is 0 Å². The van der Waals surface area contributed by atoms with Crippen LogP contribution in [0.25, 0.3) is 0 Å². The van der Waals surface area contributed by atoms with Gasteiger partial charge >= 0.3 is 0 Å². The van der Waals surface area contributed by atoms with E-state index in [1.807, 2.05) is 24.3 Å². The zero-order chi connectivity index (χ0) is 14.4. The Morgan fingerprint density at radius 3 is 2.40 bits per heavy atom. The van der Waals surface area contributed by atoms with Crippen molar-refractivity contribution < 1.29 is 14.2 Å². The predicted molar refractivity (Wildman–Crippen MR) is 80.5 cm³/mol. The Kier molecular flexibility index (Phi) is 5.38. The SMILES string of the molecule is OC(CNc1ccc(F)cc1)COc1ccc(Br)cc1. The number of hydrogen-bond donors (Lipinski definition) is 2. The number of nitrogens with one attached hydrogen (secondary N) is 1. The summed E-state index contributed by atoms with van der Waals surface area (Å²) in [7, 11) is 0. The molecule has 0 heterocycles. The standard InChI is InChI=1S/C15H15BrFNO2/c16-11-1-7-15(8-2-11)20-10-14(19)9-18-13-5-3-12(17)4-6-13/h1-8,14,18-19H,9-10H2. The summed E-state index contributed by atoms with van der Waals surface area (Å²) in [6.45, 7) is 0.526. The topological polar surface area (TPSA) is 41.5 Å². The molecule has 0 fully saturated rings. The Morgan fingerprint density at radius 1 is 1.10 bits per heavy atom. The van der Waals surface area contributed by atoms with E-state index in [2.05, 4.69) is 21.2 Å². The van der Waals surface area contributed by atoms with E-state index in [0.29, 0.717) is 12.3 Å². The Labute approximate surface area is 125 Å². The predicted octanol–water partition coefficient (Wildman–Crippen LogP) is 3.44. The van der Waals surface area contributed by atoms with Crippen molar-refractivity contribution >= 4 is 21.6 Å². The number of aliphatic hydroxyl groups is 1. The van der Waals surface area contributed by atoms with Crippen molar-refractivity contribution in [1.82, 2.24) is 0 Å². The zero-order valence-corrected chi connectivity index (χ0v) is 12.3. The highest BCUT2D eigenvalue weighted by molar-refractivity contribution is 9.10. The summed E-state index contributed by atoms with van der Waals surface area (Å²) in [5.41, 5.74) is 0.758. The zero-order valence-electron chi connectivity index (χ0n) is 10.7. The summed E-state index contributed by atoms with van der Waals surface area (Å²) in [4.78, 5) is 0. The van der Waals surface area contributed by atoms with Gasteiger partial charge in [0, 0.05) is 16.7 Å². The molecule has 2 N–H and O–H groups in total. The summed E-state index contributed by atoms with van der Waals surface area (Å²) in [6, 6.07) is 13.4. The van der Waals surface area contributed by atoms with Gasteiger partial charge in [-0.15, -0.1) is 0 Å². The minimum atomic E-state index is -0.649. The fourth-order valence-electron chi connectivity index (χ4n) is 1.59. The van der Waals surface area contributed by atoms with Gasteiger partial charge in [0.05, 0.1) is 0 Å². The van der Waals surface area contributed by atoms with Crippen LogP contribution in [0.15, 0.2) is 53.0 Å². The van der Waals surface area contributed by atoms with Gasteiger partial charge in [-0.1, -0.05) is 15.9 Å². The van der Waals surface area contributed by atoms with Crippen molar-refractivity contribution in [3.05, 3.63) is 58.8 Å². The Bertz CT molecular complexity index is 481. The van der Waals surface area contributed by atoms with Crippen LogP contribution in [0.2, 0.25) is 0 Å². The third-order valence-corrected chi connectivity index (χ3v) is 3.17. The van der Waals surface area contributed by atoms with Crippen LogP contribution in [0.4, 0.5) is 10.1 Å². The van der Waals surface area contributed by atoms with Gasteiger partial charge in [0.2, 0.25) is 0 Å². The molecule has 0 saturated heterocycles. The van der Waals surface area contributed by atoms with Gasteiger partial charge in [0.25, 0.3) is 0 Å². The van der Waals surface area contributed by atoms with Crippen LogP contribution in [0, 0.1) is 5.82 Å². The van der Waals surface area contributed by atoms with Crippen LogP contribution in [-0.4, -0.2) is 24.4 Å². The van der Waals surface area contributed by atoms with E-state index in [9.17, 15) is 9.50 Å². The van der Waals surface area contributed by atoms with Crippen molar-refractivity contribution in [3.8, 4) is 5.75 Å². The number of aliphatic hydroxyl groups excluding tert-OH is 1. The summed E-state index contributed by atoms with van der Waals surface area (Å²) in [5, 5.41) is 12.8. The number of benzene rings is 2. The number of rotatable bonds is 6. The molecule has 0 aliphatic heterocycles. The van der Waals surface area contributed by atoms with Crippen LogP contribution >= 0.6 is 15.9 Å². The van der Waals surface area contributed by atoms with Crippen LogP contribution in [0.3, 0.4) is 0 Å². The van der Waals surface area contributed by atoms with Gasteiger partial charge < -0.3 is 15.2 Å². The highest BCUT2D eigenvalue weighted by atomic mass is 79.9. The molecule has 0 aliphatic rings. The van der Waals surface area contributed by atoms with Crippen LogP contribution in [-0.2, 0) is 0 Å². The Balaban J connectivity index is 1.73. The monoisotopic (exact) mass is 339 g/mol. The number of ether oxygens (including phenoxy) is 1. The molecule has 1 unspecified atom stereocenters. The first-order chi connectivity index (χ1) is 9.63. The molecule has 3 nitrogen and oxygen atoms in total. The normalized spacial score (nSPS) is 11.9. The molecule has 106 valence electrons. The van der Waals surface area contributed by atoms with Crippen molar-refractivity contribution in [2.24, 2.45) is 0 Å². The molecule has 0 radical (unpaired) electrons. The number of halogens is 2. The summed E-state index contributed by atoms with van der Waals surface area (Å²) < 4.78 is 19.2. The molecular weight excluding hydrogens is 325 g/mol. The Hall–Kier alpha value is -1.59. The molecule has 0 amide bonds. The van der Waals surface area contributed by atoms with Crippen molar-refractivity contribution in [2.45, 2.75) is 6.10 Å². The lowest BCUT2D eigenvalue weighted by atomic mass is 10.3. The van der Waals surface area contributed by atoms with Gasteiger partial charge in [-0.3, -0.25) is 0 Å². The van der Waals surface area contributed by atoms with E-state index in [1.54, 1.807) is 12.1 Å². The molecular formula is C15H15BrFNO2. The van der Waals surface area contributed by atoms with Crippen molar-refractivity contribution in [3.63, 3.8) is 0 Å². The highest BCUT2D eigenvalue weighted by Crippen LogP contribution is 2.16. The average molecular weight is 340 g/mol. The molecule has 0 saturated carbocycles. The summed E-state index contributed by atoms with van der Waals surface area (Å²) in [5.74, 6) is 0.420. The van der Waals surface area contributed by atoms with Gasteiger partial charge in [-0.05, 0) is 48.5 Å². The molecule has 5 heteroatoms. The fourth-order valence-corrected chi connectivity index (χ4v) is 1.85. The maximum absolute atomic E-state index is 12.7. The number of hydrogen-bond acceptors (Lipinski definition) is 3. The summed E-state index contributed by atoms with van der Waals surface area (Å²) in [6.07, 6.45) is -0.649. The molecule has 0 bridgehead atoms.